The van der Waals surface area contributed by atoms with Crippen LogP contribution in [0.15, 0.2) is 64.1 Å². The van der Waals surface area contributed by atoms with Gasteiger partial charge in [0.2, 0.25) is 0 Å². The van der Waals surface area contributed by atoms with Gasteiger partial charge in [0.05, 0.1) is 19.4 Å². The summed E-state index contributed by atoms with van der Waals surface area (Å²) in [6.45, 7) is 1.29. The molecule has 3 rings (SSSR count). The van der Waals surface area contributed by atoms with E-state index in [1.165, 1.54) is 6.07 Å². The van der Waals surface area contributed by atoms with Gasteiger partial charge in [0.1, 0.15) is 17.1 Å². The van der Waals surface area contributed by atoms with Gasteiger partial charge in [0, 0.05) is 23.7 Å². The summed E-state index contributed by atoms with van der Waals surface area (Å²) in [6, 6.07) is 12.4. The Morgan fingerprint density at radius 3 is 2.44 bits per heavy atom. The van der Waals surface area contributed by atoms with E-state index in [1.54, 1.807) is 24.5 Å². The summed E-state index contributed by atoms with van der Waals surface area (Å²) in [5, 5.41) is 0.884. The van der Waals surface area contributed by atoms with Gasteiger partial charge in [-0.25, -0.2) is 4.79 Å². The molecule has 0 aliphatic rings. The van der Waals surface area contributed by atoms with Crippen LogP contribution in [-0.4, -0.2) is 18.2 Å². The molecule has 132 valence electrons. The minimum absolute atomic E-state index is 0. The average molecular weight is 362 g/mol. The second-order valence-corrected chi connectivity index (χ2v) is 5.40. The van der Waals surface area contributed by atoms with E-state index < -0.39 is 0 Å². The molecule has 0 radical (unpaired) electrons. The molecule has 6 heteroatoms. The van der Waals surface area contributed by atoms with Crippen molar-refractivity contribution in [1.82, 2.24) is 4.98 Å². The molecule has 0 amide bonds. The van der Waals surface area contributed by atoms with Crippen LogP contribution in [0.2, 0.25) is 0 Å². The predicted octanol–water partition coefficient (Wildman–Crippen LogP) is 4.24. The van der Waals surface area contributed by atoms with Crippen LogP contribution in [0.4, 0.5) is 0 Å². The van der Waals surface area contributed by atoms with Crippen molar-refractivity contribution in [3.63, 3.8) is 0 Å². The Morgan fingerprint density at radius 1 is 0.920 bits per heavy atom. The maximum atomic E-state index is 11.2. The number of benzene rings is 1. The summed E-state index contributed by atoms with van der Waals surface area (Å²) in [6.07, 6.45) is 6.35. The van der Waals surface area contributed by atoms with E-state index in [1.807, 2.05) is 24.3 Å². The Kier molecular flexibility index (Phi) is 7.29. The van der Waals surface area contributed by atoms with E-state index in [0.717, 1.165) is 30.4 Å². The van der Waals surface area contributed by atoms with Crippen LogP contribution < -0.4 is 15.1 Å². The zero-order valence-corrected chi connectivity index (χ0v) is 14.5. The molecule has 2 heterocycles. The van der Waals surface area contributed by atoms with Crippen molar-refractivity contribution in [3.8, 4) is 11.5 Å². The molecule has 1 aromatic carbocycles. The zero-order valence-electron chi connectivity index (χ0n) is 13.7. The zero-order chi connectivity index (χ0) is 16.6. The molecule has 0 N–H and O–H groups in total. The van der Waals surface area contributed by atoms with E-state index in [2.05, 4.69) is 4.98 Å². The average Bonchev–Trinajstić information content (AvgIpc) is 2.61. The lowest BCUT2D eigenvalue weighted by molar-refractivity contribution is 0.279. The third-order valence-electron chi connectivity index (χ3n) is 3.56. The predicted molar refractivity (Wildman–Crippen MR) is 98.8 cm³/mol. The SMILES string of the molecule is Cl.O=c1ccc2ccc(OCCCCCOc3cccnc3)cc2o1. The van der Waals surface area contributed by atoms with Crippen LogP contribution in [0, 0.1) is 0 Å². The first-order valence-corrected chi connectivity index (χ1v) is 8.01. The molecule has 5 nitrogen and oxygen atoms in total. The molecule has 0 atom stereocenters. The highest BCUT2D eigenvalue weighted by Gasteiger charge is 2.00. The second-order valence-electron chi connectivity index (χ2n) is 5.40. The molecule has 0 aliphatic carbocycles. The summed E-state index contributed by atoms with van der Waals surface area (Å²) in [4.78, 5) is 15.2. The van der Waals surface area contributed by atoms with Crippen molar-refractivity contribution in [1.29, 1.82) is 0 Å². The third-order valence-corrected chi connectivity index (χ3v) is 3.56. The Labute approximate surface area is 152 Å². The first-order valence-electron chi connectivity index (χ1n) is 8.01. The van der Waals surface area contributed by atoms with Gasteiger partial charge in [-0.05, 0) is 49.6 Å². The van der Waals surface area contributed by atoms with Gasteiger partial charge in [0.25, 0.3) is 0 Å². The highest BCUT2D eigenvalue weighted by atomic mass is 35.5. The third kappa shape index (κ3) is 5.80. The van der Waals surface area contributed by atoms with Crippen molar-refractivity contribution < 1.29 is 13.9 Å². The molecule has 0 saturated heterocycles. The van der Waals surface area contributed by atoms with Crippen LogP contribution >= 0.6 is 12.4 Å². The molecule has 0 fully saturated rings. The fourth-order valence-corrected chi connectivity index (χ4v) is 2.32. The second kappa shape index (κ2) is 9.69. The molecule has 0 saturated carbocycles. The van der Waals surface area contributed by atoms with Gasteiger partial charge in [-0.2, -0.15) is 0 Å². The molecule has 2 aromatic heterocycles. The first-order chi connectivity index (χ1) is 11.8. The highest BCUT2D eigenvalue weighted by molar-refractivity contribution is 5.85. The Morgan fingerprint density at radius 2 is 1.68 bits per heavy atom. The topological polar surface area (TPSA) is 61.6 Å². The van der Waals surface area contributed by atoms with Gasteiger partial charge < -0.3 is 13.9 Å². The van der Waals surface area contributed by atoms with Gasteiger partial charge in [-0.15, -0.1) is 12.4 Å². The molecule has 0 unspecified atom stereocenters. The quantitative estimate of drug-likeness (QED) is 0.443. The maximum Gasteiger partial charge on any atom is 0.336 e. The molecular formula is C19H20ClNO4. The molecular weight excluding hydrogens is 342 g/mol. The van der Waals surface area contributed by atoms with Crippen LogP contribution in [0.1, 0.15) is 19.3 Å². The number of nitrogens with zero attached hydrogens (tertiary/aromatic N) is 1. The number of rotatable bonds is 8. The van der Waals surface area contributed by atoms with Crippen molar-refractivity contribution in [2.45, 2.75) is 19.3 Å². The normalized spacial score (nSPS) is 10.2. The highest BCUT2D eigenvalue weighted by Crippen LogP contribution is 2.19. The minimum Gasteiger partial charge on any atom is -0.493 e. The van der Waals surface area contributed by atoms with E-state index in [4.69, 9.17) is 13.9 Å². The molecule has 0 bridgehead atoms. The summed E-state index contributed by atoms with van der Waals surface area (Å²) in [7, 11) is 0. The Balaban J connectivity index is 0.00000225. The first kappa shape index (κ1) is 18.8. The lowest BCUT2D eigenvalue weighted by Crippen LogP contribution is -2.01. The lowest BCUT2D eigenvalue weighted by atomic mass is 10.2. The summed E-state index contributed by atoms with van der Waals surface area (Å²) >= 11 is 0. The van der Waals surface area contributed by atoms with Crippen LogP contribution in [0.5, 0.6) is 11.5 Å². The Bertz CT molecular complexity index is 835. The summed E-state index contributed by atoms with van der Waals surface area (Å²) in [5.41, 5.74) is 0.193. The Hall–Kier alpha value is -2.53. The molecule has 0 aliphatic heterocycles. The number of ether oxygens (including phenoxy) is 2. The van der Waals surface area contributed by atoms with Crippen LogP contribution in [0.3, 0.4) is 0 Å². The number of unbranched alkanes of at least 4 members (excludes halogenated alkanes) is 2. The number of aromatic nitrogens is 1. The van der Waals surface area contributed by atoms with Crippen LogP contribution in [0.25, 0.3) is 11.0 Å². The van der Waals surface area contributed by atoms with Crippen molar-refractivity contribution in [3.05, 3.63) is 65.3 Å². The van der Waals surface area contributed by atoms with Gasteiger partial charge >= 0.3 is 5.63 Å². The number of halogens is 1. The van der Waals surface area contributed by atoms with Crippen molar-refractivity contribution in [2.24, 2.45) is 0 Å². The largest absolute Gasteiger partial charge is 0.493 e. The van der Waals surface area contributed by atoms with Crippen molar-refractivity contribution in [2.75, 3.05) is 13.2 Å². The lowest BCUT2D eigenvalue weighted by Gasteiger charge is -2.07. The molecule has 0 spiro atoms. The van der Waals surface area contributed by atoms with Gasteiger partial charge in [-0.1, -0.05) is 0 Å². The van der Waals surface area contributed by atoms with E-state index in [9.17, 15) is 4.79 Å². The number of hydrogen-bond donors (Lipinski definition) is 0. The van der Waals surface area contributed by atoms with E-state index in [-0.39, 0.29) is 18.0 Å². The number of hydrogen-bond acceptors (Lipinski definition) is 5. The van der Waals surface area contributed by atoms with E-state index in [0.29, 0.717) is 24.5 Å². The fourth-order valence-electron chi connectivity index (χ4n) is 2.32. The smallest absolute Gasteiger partial charge is 0.336 e. The number of pyridine rings is 1. The van der Waals surface area contributed by atoms with Gasteiger partial charge in [-0.3, -0.25) is 4.98 Å². The standard InChI is InChI=1S/C19H19NO4.ClH/c21-19-9-7-15-6-8-16(13-18(15)24-19)22-11-2-1-3-12-23-17-5-4-10-20-14-17;/h4-10,13-14H,1-3,11-12H2;1H. The minimum atomic E-state index is -0.353. The molecule has 25 heavy (non-hydrogen) atoms. The van der Waals surface area contributed by atoms with Crippen LogP contribution in [-0.2, 0) is 0 Å². The maximum absolute atomic E-state index is 11.2. The fraction of sp³-hybridized carbons (Fsp3) is 0.263. The van der Waals surface area contributed by atoms with E-state index >= 15 is 0 Å². The number of fused-ring (bicyclic) bond motifs is 1. The van der Waals surface area contributed by atoms with Crippen molar-refractivity contribution >= 4 is 23.4 Å². The summed E-state index contributed by atoms with van der Waals surface area (Å²) < 4.78 is 16.4. The molecule has 3 aromatic rings. The summed E-state index contributed by atoms with van der Waals surface area (Å²) in [5.74, 6) is 1.51. The van der Waals surface area contributed by atoms with Gasteiger partial charge in [0.15, 0.2) is 0 Å². The monoisotopic (exact) mass is 361 g/mol.